The van der Waals surface area contributed by atoms with E-state index in [1.165, 1.54) is 0 Å². The van der Waals surface area contributed by atoms with Crippen molar-refractivity contribution in [2.45, 2.75) is 19.1 Å². The number of nitrogens with zero attached hydrogens (tertiary/aromatic N) is 2. The van der Waals surface area contributed by atoms with Gasteiger partial charge in [0.2, 0.25) is 6.04 Å². The van der Waals surface area contributed by atoms with E-state index < -0.39 is 38.9 Å². The molecule has 0 saturated heterocycles. The Balaban J connectivity index is 3.44. The summed E-state index contributed by atoms with van der Waals surface area (Å²) in [7, 11) is 0. The van der Waals surface area contributed by atoms with Gasteiger partial charge < -0.3 is 0 Å². The first-order chi connectivity index (χ1) is 8.14. The predicted molar refractivity (Wildman–Crippen MR) is 53.5 cm³/mol. The van der Waals surface area contributed by atoms with E-state index in [1.807, 2.05) is 0 Å². The number of rotatable bonds is 3. The summed E-state index contributed by atoms with van der Waals surface area (Å²) in [5.74, 6) is 0. The van der Waals surface area contributed by atoms with Gasteiger partial charge in [-0.05, 0) is 6.07 Å². The third-order valence-electron chi connectivity index (χ3n) is 2.32. The molecular formula is C9H7F3N2O4. The van der Waals surface area contributed by atoms with Crippen LogP contribution in [0.1, 0.15) is 24.1 Å². The molecule has 0 radical (unpaired) electrons. The first-order valence-corrected chi connectivity index (χ1v) is 4.63. The molecule has 1 rings (SSSR count). The minimum absolute atomic E-state index is 0.301. The third kappa shape index (κ3) is 2.73. The third-order valence-corrected chi connectivity index (χ3v) is 2.32. The smallest absolute Gasteiger partial charge is 0.264 e. The molecule has 1 unspecified atom stereocenters. The maximum absolute atomic E-state index is 12.7. The molecule has 1 aromatic carbocycles. The number of halogens is 3. The highest BCUT2D eigenvalue weighted by atomic mass is 19.4. The molecule has 0 spiro atoms. The normalized spacial score (nSPS) is 13.1. The summed E-state index contributed by atoms with van der Waals surface area (Å²) >= 11 is 0. The first kappa shape index (κ1) is 13.9. The topological polar surface area (TPSA) is 86.3 Å². The van der Waals surface area contributed by atoms with Gasteiger partial charge in [0.25, 0.3) is 5.69 Å². The van der Waals surface area contributed by atoms with Crippen molar-refractivity contribution in [1.29, 1.82) is 0 Å². The molecule has 1 aromatic rings. The molecule has 0 aromatic heterocycles. The van der Waals surface area contributed by atoms with Crippen molar-refractivity contribution in [3.05, 3.63) is 49.6 Å². The number of alkyl halides is 3. The number of hydrogen-bond donors (Lipinski definition) is 0. The van der Waals surface area contributed by atoms with E-state index in [1.54, 1.807) is 0 Å². The van der Waals surface area contributed by atoms with E-state index in [2.05, 4.69) is 0 Å². The molecule has 0 bridgehead atoms. The molecule has 0 heterocycles. The maximum atomic E-state index is 12.7. The van der Waals surface area contributed by atoms with Crippen LogP contribution in [0.4, 0.5) is 18.9 Å². The molecule has 1 atom stereocenters. The number of non-ortho nitro benzene ring substituents is 1. The Bertz CT molecular complexity index is 501. The van der Waals surface area contributed by atoms with Gasteiger partial charge in [-0.3, -0.25) is 20.2 Å². The molecular weight excluding hydrogens is 257 g/mol. The average molecular weight is 264 g/mol. The molecule has 6 nitrogen and oxygen atoms in total. The largest absolute Gasteiger partial charge is 0.417 e. The number of nitro groups is 2. The van der Waals surface area contributed by atoms with E-state index in [0.29, 0.717) is 6.07 Å². The van der Waals surface area contributed by atoms with Crippen LogP contribution in [0.5, 0.6) is 0 Å². The van der Waals surface area contributed by atoms with E-state index in [-0.39, 0.29) is 0 Å². The van der Waals surface area contributed by atoms with Gasteiger partial charge >= 0.3 is 6.18 Å². The molecule has 98 valence electrons. The number of nitro benzene ring substituents is 1. The van der Waals surface area contributed by atoms with Gasteiger partial charge in [0.1, 0.15) is 0 Å². The highest BCUT2D eigenvalue weighted by Gasteiger charge is 2.38. The summed E-state index contributed by atoms with van der Waals surface area (Å²) in [5, 5.41) is 20.9. The monoisotopic (exact) mass is 264 g/mol. The number of hydrogen-bond acceptors (Lipinski definition) is 4. The molecule has 0 aliphatic heterocycles. The fraction of sp³-hybridized carbons (Fsp3) is 0.333. The van der Waals surface area contributed by atoms with Crippen LogP contribution in [0.3, 0.4) is 0 Å². The first-order valence-electron chi connectivity index (χ1n) is 4.63. The van der Waals surface area contributed by atoms with E-state index in [0.717, 1.165) is 19.1 Å². The molecule has 18 heavy (non-hydrogen) atoms. The summed E-state index contributed by atoms with van der Waals surface area (Å²) in [6, 6.07) is 0.274. The van der Waals surface area contributed by atoms with Crippen LogP contribution in [0.2, 0.25) is 0 Å². The Labute approximate surface area is 98.3 Å². The molecule has 0 amide bonds. The zero-order valence-electron chi connectivity index (χ0n) is 8.97. The van der Waals surface area contributed by atoms with Gasteiger partial charge in [-0.1, -0.05) is 0 Å². The van der Waals surface area contributed by atoms with Crippen LogP contribution in [0.15, 0.2) is 18.2 Å². The van der Waals surface area contributed by atoms with Gasteiger partial charge in [-0.25, -0.2) is 0 Å². The van der Waals surface area contributed by atoms with Gasteiger partial charge in [0.15, 0.2) is 0 Å². The highest BCUT2D eigenvalue weighted by molar-refractivity contribution is 5.42. The SMILES string of the molecule is CC(c1ccc([N+](=O)[O-])cc1C(F)(F)F)[N+](=O)[O-]. The summed E-state index contributed by atoms with van der Waals surface area (Å²) in [6.45, 7) is 0.983. The van der Waals surface area contributed by atoms with Crippen molar-refractivity contribution in [3.63, 3.8) is 0 Å². The van der Waals surface area contributed by atoms with Crippen molar-refractivity contribution in [2.24, 2.45) is 0 Å². The van der Waals surface area contributed by atoms with Crippen LogP contribution in [0, 0.1) is 20.2 Å². The minimum Gasteiger partial charge on any atom is -0.264 e. The van der Waals surface area contributed by atoms with Crippen molar-refractivity contribution in [3.8, 4) is 0 Å². The molecule has 9 heteroatoms. The minimum atomic E-state index is -4.88. The Kier molecular flexibility index (Phi) is 3.54. The Hall–Kier alpha value is -2.19. The standard InChI is InChI=1S/C9H7F3N2O4/c1-5(13(15)16)7-3-2-6(14(17)18)4-8(7)9(10,11)12/h2-5H,1H3. The molecule has 0 aliphatic carbocycles. The van der Waals surface area contributed by atoms with Gasteiger partial charge in [0, 0.05) is 29.5 Å². The summed E-state index contributed by atoms with van der Waals surface area (Å²) in [5.41, 5.74) is -2.72. The lowest BCUT2D eigenvalue weighted by Gasteiger charge is -2.13. The second-order valence-electron chi connectivity index (χ2n) is 3.49. The van der Waals surface area contributed by atoms with Crippen LogP contribution < -0.4 is 0 Å². The van der Waals surface area contributed by atoms with Crippen LogP contribution in [-0.2, 0) is 6.18 Å². The van der Waals surface area contributed by atoms with Gasteiger partial charge in [0.05, 0.1) is 10.5 Å². The fourth-order valence-electron chi connectivity index (χ4n) is 1.38. The fourth-order valence-corrected chi connectivity index (χ4v) is 1.38. The molecule has 0 fully saturated rings. The van der Waals surface area contributed by atoms with Crippen LogP contribution in [0.25, 0.3) is 0 Å². The molecule has 0 N–H and O–H groups in total. The molecule has 0 saturated carbocycles. The predicted octanol–water partition coefficient (Wildman–Crippen LogP) is 2.95. The van der Waals surface area contributed by atoms with Crippen molar-refractivity contribution in [2.75, 3.05) is 0 Å². The zero-order valence-corrected chi connectivity index (χ0v) is 8.97. The molecule has 0 aliphatic rings. The van der Waals surface area contributed by atoms with E-state index in [9.17, 15) is 33.4 Å². The number of benzene rings is 1. The summed E-state index contributed by atoms with van der Waals surface area (Å²) < 4.78 is 38.0. The van der Waals surface area contributed by atoms with Crippen molar-refractivity contribution < 1.29 is 23.0 Å². The van der Waals surface area contributed by atoms with Crippen molar-refractivity contribution in [1.82, 2.24) is 0 Å². The lowest BCUT2D eigenvalue weighted by molar-refractivity contribution is -0.524. The van der Waals surface area contributed by atoms with E-state index >= 15 is 0 Å². The van der Waals surface area contributed by atoms with Crippen molar-refractivity contribution >= 4 is 5.69 Å². The van der Waals surface area contributed by atoms with Gasteiger partial charge in [-0.2, -0.15) is 13.2 Å². The average Bonchev–Trinajstić information content (AvgIpc) is 2.25. The summed E-state index contributed by atoms with van der Waals surface area (Å²) in [6.07, 6.45) is -4.88. The Morgan fingerprint density at radius 3 is 2.17 bits per heavy atom. The van der Waals surface area contributed by atoms with Crippen LogP contribution >= 0.6 is 0 Å². The zero-order chi connectivity index (χ0) is 14.1. The Morgan fingerprint density at radius 1 is 1.22 bits per heavy atom. The van der Waals surface area contributed by atoms with Crippen LogP contribution in [-0.4, -0.2) is 9.85 Å². The second kappa shape index (κ2) is 4.59. The summed E-state index contributed by atoms with van der Waals surface area (Å²) in [4.78, 5) is 19.0. The van der Waals surface area contributed by atoms with Gasteiger partial charge in [-0.15, -0.1) is 0 Å². The lowest BCUT2D eigenvalue weighted by Crippen LogP contribution is -2.15. The maximum Gasteiger partial charge on any atom is 0.417 e. The van der Waals surface area contributed by atoms with E-state index in [4.69, 9.17) is 0 Å². The quantitative estimate of drug-likeness (QED) is 0.620. The second-order valence-corrected chi connectivity index (χ2v) is 3.49. The highest BCUT2D eigenvalue weighted by Crippen LogP contribution is 2.37. The Morgan fingerprint density at radius 2 is 1.78 bits per heavy atom. The lowest BCUT2D eigenvalue weighted by atomic mass is 10.0.